The number of pyridine rings is 1. The second-order valence-corrected chi connectivity index (χ2v) is 10.1. The highest BCUT2D eigenvalue weighted by atomic mass is 32.1. The van der Waals surface area contributed by atoms with Crippen LogP contribution in [0.25, 0.3) is 10.9 Å². The Morgan fingerprint density at radius 2 is 1.77 bits per heavy atom. The van der Waals surface area contributed by atoms with Gasteiger partial charge in [0.15, 0.2) is 0 Å². The lowest BCUT2D eigenvalue weighted by Gasteiger charge is -2.31. The van der Waals surface area contributed by atoms with E-state index in [2.05, 4.69) is 15.3 Å². The second-order valence-electron chi connectivity index (χ2n) is 9.24. The number of carbonyl (C=O) groups is 2. The Hall–Kier alpha value is -3.99. The molecule has 1 N–H and O–H groups in total. The molecule has 4 aromatic rings. The molecule has 2 aromatic heterocycles. The summed E-state index contributed by atoms with van der Waals surface area (Å²) < 4.78 is 43.6. The minimum absolute atomic E-state index is 0.0952. The molecule has 0 saturated carbocycles. The summed E-state index contributed by atoms with van der Waals surface area (Å²) in [6.45, 7) is 1.17. The number of para-hydroxylation sites is 1. The summed E-state index contributed by atoms with van der Waals surface area (Å²) in [7, 11) is 1.57. The Labute approximate surface area is 226 Å². The molecule has 1 aliphatic rings. The van der Waals surface area contributed by atoms with Crippen LogP contribution in [0.2, 0.25) is 0 Å². The lowest BCUT2D eigenvalue weighted by atomic mass is 9.97. The molecule has 1 aliphatic heterocycles. The van der Waals surface area contributed by atoms with Gasteiger partial charge in [0.1, 0.15) is 17.1 Å². The quantitative estimate of drug-likeness (QED) is 0.332. The molecular weight excluding hydrogens is 529 g/mol. The lowest BCUT2D eigenvalue weighted by Crippen LogP contribution is -2.38. The third-order valence-corrected chi connectivity index (χ3v) is 7.74. The summed E-state index contributed by atoms with van der Waals surface area (Å²) in [5, 5.41) is 6.06. The van der Waals surface area contributed by atoms with Crippen LogP contribution >= 0.6 is 11.3 Å². The number of methoxy groups -OCH3 is 1. The van der Waals surface area contributed by atoms with Crippen LogP contribution in [-0.2, 0) is 12.7 Å². The molecule has 202 valence electrons. The number of hydrogen-bond acceptors (Lipinski definition) is 6. The molecule has 0 aliphatic carbocycles. The van der Waals surface area contributed by atoms with Gasteiger partial charge in [-0.2, -0.15) is 13.2 Å². The van der Waals surface area contributed by atoms with Gasteiger partial charge in [-0.1, -0.05) is 24.3 Å². The van der Waals surface area contributed by atoms with Gasteiger partial charge in [0.2, 0.25) is 0 Å². The SMILES string of the molecule is COc1cc(C(=O)N2CCC(c3nc(C(=O)NCc4ccc(C(F)(F)F)cc4)cs3)CC2)nc2ccccc12. The standard InChI is InChI=1S/C28H25F3N4O3S/c1-38-24-14-22(33-21-5-3-2-4-20(21)24)27(37)35-12-10-18(11-13-35)26-34-23(16-39-26)25(36)32-15-17-6-8-19(9-7-17)28(29,30)31/h2-9,14,16,18H,10-13,15H2,1H3,(H,32,36). The number of nitrogens with zero attached hydrogens (tertiary/aromatic N) is 3. The van der Waals surface area contributed by atoms with Crippen LogP contribution in [0.5, 0.6) is 5.75 Å². The number of aromatic nitrogens is 2. The van der Waals surface area contributed by atoms with Gasteiger partial charge in [-0.15, -0.1) is 11.3 Å². The predicted octanol–water partition coefficient (Wildman–Crippen LogP) is 5.67. The Kier molecular flexibility index (Phi) is 7.51. The first kappa shape index (κ1) is 26.6. The van der Waals surface area contributed by atoms with Crippen molar-refractivity contribution in [2.24, 2.45) is 0 Å². The van der Waals surface area contributed by atoms with Crippen molar-refractivity contribution in [2.45, 2.75) is 31.5 Å². The minimum Gasteiger partial charge on any atom is -0.496 e. The van der Waals surface area contributed by atoms with Crippen LogP contribution in [0, 0.1) is 0 Å². The smallest absolute Gasteiger partial charge is 0.416 e. The second kappa shape index (κ2) is 11.0. The zero-order chi connectivity index (χ0) is 27.6. The molecule has 1 fully saturated rings. The molecule has 0 radical (unpaired) electrons. The zero-order valence-corrected chi connectivity index (χ0v) is 21.8. The van der Waals surface area contributed by atoms with Gasteiger partial charge < -0.3 is 15.0 Å². The van der Waals surface area contributed by atoms with E-state index in [9.17, 15) is 22.8 Å². The fourth-order valence-corrected chi connectivity index (χ4v) is 5.55. The number of nitrogens with one attached hydrogen (secondary N) is 1. The first-order valence-electron chi connectivity index (χ1n) is 12.4. The van der Waals surface area contributed by atoms with Crippen molar-refractivity contribution in [3.8, 4) is 5.75 Å². The van der Waals surface area contributed by atoms with Crippen molar-refractivity contribution in [1.29, 1.82) is 0 Å². The van der Waals surface area contributed by atoms with Crippen molar-refractivity contribution in [1.82, 2.24) is 20.2 Å². The minimum atomic E-state index is -4.40. The first-order valence-corrected chi connectivity index (χ1v) is 13.2. The largest absolute Gasteiger partial charge is 0.496 e. The van der Waals surface area contributed by atoms with Gasteiger partial charge in [0.05, 0.1) is 23.2 Å². The average molecular weight is 555 g/mol. The maximum Gasteiger partial charge on any atom is 0.416 e. The van der Waals surface area contributed by atoms with E-state index in [0.29, 0.717) is 48.5 Å². The molecule has 2 amide bonds. The molecule has 0 unspecified atom stereocenters. The van der Waals surface area contributed by atoms with Gasteiger partial charge >= 0.3 is 6.18 Å². The molecule has 7 nitrogen and oxygen atoms in total. The summed E-state index contributed by atoms with van der Waals surface area (Å²) in [4.78, 5) is 36.6. The van der Waals surface area contributed by atoms with E-state index < -0.39 is 11.7 Å². The summed E-state index contributed by atoms with van der Waals surface area (Å²) >= 11 is 1.39. The van der Waals surface area contributed by atoms with Crippen LogP contribution in [0.15, 0.2) is 60.0 Å². The van der Waals surface area contributed by atoms with Crippen molar-refractivity contribution in [3.05, 3.63) is 87.5 Å². The molecule has 0 atom stereocenters. The number of hydrogen-bond donors (Lipinski definition) is 1. The topological polar surface area (TPSA) is 84.4 Å². The molecule has 3 heterocycles. The number of fused-ring (bicyclic) bond motifs is 1. The van der Waals surface area contributed by atoms with Gasteiger partial charge in [-0.05, 0) is 42.7 Å². The molecule has 0 bridgehead atoms. The van der Waals surface area contributed by atoms with E-state index >= 15 is 0 Å². The monoisotopic (exact) mass is 554 g/mol. The lowest BCUT2D eigenvalue weighted by molar-refractivity contribution is -0.137. The van der Waals surface area contributed by atoms with Crippen molar-refractivity contribution in [2.75, 3.05) is 20.2 Å². The predicted molar refractivity (Wildman–Crippen MR) is 141 cm³/mol. The average Bonchev–Trinajstić information content (AvgIpc) is 3.45. The van der Waals surface area contributed by atoms with Crippen molar-refractivity contribution >= 4 is 34.1 Å². The normalized spacial score (nSPS) is 14.4. The molecule has 11 heteroatoms. The van der Waals surface area contributed by atoms with E-state index in [1.165, 1.54) is 23.5 Å². The highest BCUT2D eigenvalue weighted by Gasteiger charge is 2.30. The van der Waals surface area contributed by atoms with Crippen LogP contribution in [0.4, 0.5) is 13.2 Å². The van der Waals surface area contributed by atoms with E-state index in [4.69, 9.17) is 4.74 Å². The number of rotatable bonds is 6. The van der Waals surface area contributed by atoms with Crippen LogP contribution in [-0.4, -0.2) is 46.9 Å². The Morgan fingerprint density at radius 1 is 1.05 bits per heavy atom. The molecule has 5 rings (SSSR count). The highest BCUT2D eigenvalue weighted by Crippen LogP contribution is 2.32. The van der Waals surface area contributed by atoms with E-state index in [-0.39, 0.29) is 30.0 Å². The number of likely N-dealkylation sites (tertiary alicyclic amines) is 1. The molecular formula is C28H25F3N4O3S. The van der Waals surface area contributed by atoms with Gasteiger partial charge in [-0.25, -0.2) is 9.97 Å². The third kappa shape index (κ3) is 5.88. The number of ether oxygens (including phenoxy) is 1. The molecule has 0 spiro atoms. The molecule has 2 aromatic carbocycles. The summed E-state index contributed by atoms with van der Waals surface area (Å²) in [5.41, 5.74) is 1.13. The maximum absolute atomic E-state index is 13.2. The zero-order valence-electron chi connectivity index (χ0n) is 21.0. The van der Waals surface area contributed by atoms with Crippen LogP contribution < -0.4 is 10.1 Å². The third-order valence-electron chi connectivity index (χ3n) is 6.74. The Bertz CT molecular complexity index is 1500. The number of piperidine rings is 1. The summed E-state index contributed by atoms with van der Waals surface area (Å²) in [6.07, 6.45) is -2.99. The number of halogens is 3. The Balaban J connectivity index is 1.17. The fraction of sp³-hybridized carbons (Fsp3) is 0.286. The number of carbonyl (C=O) groups excluding carboxylic acids is 2. The summed E-state index contributed by atoms with van der Waals surface area (Å²) in [5.74, 6) is 0.182. The van der Waals surface area contributed by atoms with Crippen molar-refractivity contribution in [3.63, 3.8) is 0 Å². The van der Waals surface area contributed by atoms with E-state index in [1.807, 2.05) is 24.3 Å². The number of alkyl halides is 3. The van der Waals surface area contributed by atoms with Crippen LogP contribution in [0.3, 0.4) is 0 Å². The maximum atomic E-state index is 13.2. The fourth-order valence-electron chi connectivity index (χ4n) is 4.58. The molecule has 1 saturated heterocycles. The Morgan fingerprint density at radius 3 is 2.46 bits per heavy atom. The van der Waals surface area contributed by atoms with Crippen LogP contribution in [0.1, 0.15) is 55.9 Å². The van der Waals surface area contributed by atoms with Gasteiger partial charge in [0.25, 0.3) is 11.8 Å². The van der Waals surface area contributed by atoms with Gasteiger partial charge in [0, 0.05) is 42.4 Å². The first-order chi connectivity index (χ1) is 18.7. The number of benzene rings is 2. The number of amides is 2. The van der Waals surface area contributed by atoms with E-state index in [0.717, 1.165) is 22.5 Å². The molecule has 39 heavy (non-hydrogen) atoms. The van der Waals surface area contributed by atoms with Crippen molar-refractivity contribution < 1.29 is 27.5 Å². The highest BCUT2D eigenvalue weighted by molar-refractivity contribution is 7.09. The number of thiazole rings is 1. The summed E-state index contributed by atoms with van der Waals surface area (Å²) in [6, 6.07) is 13.9. The van der Waals surface area contributed by atoms with Gasteiger partial charge in [-0.3, -0.25) is 9.59 Å². The van der Waals surface area contributed by atoms with E-state index in [1.54, 1.807) is 23.5 Å².